The number of hydrogen-bond donors (Lipinski definition) is 1. The van der Waals surface area contributed by atoms with Gasteiger partial charge in [-0.2, -0.15) is 0 Å². The molecule has 1 heterocycles. The molecule has 0 aromatic carbocycles. The lowest BCUT2D eigenvalue weighted by molar-refractivity contribution is 0.0682. The van der Waals surface area contributed by atoms with Crippen molar-refractivity contribution in [2.45, 2.75) is 33.2 Å². The van der Waals surface area contributed by atoms with Gasteiger partial charge in [0, 0.05) is 16.3 Å². The van der Waals surface area contributed by atoms with Crippen molar-refractivity contribution in [1.82, 2.24) is 4.57 Å². The minimum absolute atomic E-state index is 0.340. The van der Waals surface area contributed by atoms with Crippen LogP contribution in [0.5, 0.6) is 0 Å². The molecule has 88 valence electrons. The second-order valence-electron chi connectivity index (χ2n) is 4.99. The quantitative estimate of drug-likeness (QED) is 0.860. The molecule has 1 aromatic rings. The van der Waals surface area contributed by atoms with Gasteiger partial charge in [0.05, 0.1) is 0 Å². The molecule has 3 nitrogen and oxygen atoms in total. The molecule has 2 rings (SSSR count). The van der Waals surface area contributed by atoms with E-state index in [4.69, 9.17) is 5.11 Å². The summed E-state index contributed by atoms with van der Waals surface area (Å²) in [6.07, 6.45) is 4.38. The molecule has 0 amide bonds. The average molecular weight is 333 g/mol. The molecule has 0 aliphatic heterocycles. The highest BCUT2D eigenvalue weighted by Crippen LogP contribution is 2.53. The van der Waals surface area contributed by atoms with Crippen LogP contribution in [0.25, 0.3) is 0 Å². The summed E-state index contributed by atoms with van der Waals surface area (Å²) in [5, 5.41) is 9.11. The SMILES string of the molecule is CC(C)C1(Cn2cc(I)cc2C(=O)O)CC1. The zero-order valence-electron chi connectivity index (χ0n) is 9.53. The molecule has 1 aliphatic carbocycles. The maximum Gasteiger partial charge on any atom is 0.352 e. The maximum atomic E-state index is 11.1. The highest BCUT2D eigenvalue weighted by Gasteiger charge is 2.45. The van der Waals surface area contributed by atoms with Crippen LogP contribution in [0.4, 0.5) is 0 Å². The van der Waals surface area contributed by atoms with E-state index < -0.39 is 5.97 Å². The Hall–Kier alpha value is -0.520. The third-order valence-corrected chi connectivity index (χ3v) is 4.27. The Bertz CT molecular complexity index is 419. The van der Waals surface area contributed by atoms with Crippen LogP contribution in [0.3, 0.4) is 0 Å². The van der Waals surface area contributed by atoms with Gasteiger partial charge in [0.15, 0.2) is 0 Å². The molecule has 0 unspecified atom stereocenters. The summed E-state index contributed by atoms with van der Waals surface area (Å²) in [6.45, 7) is 5.29. The Morgan fingerprint density at radius 3 is 2.69 bits per heavy atom. The van der Waals surface area contributed by atoms with E-state index in [-0.39, 0.29) is 0 Å². The van der Waals surface area contributed by atoms with Crippen LogP contribution in [-0.4, -0.2) is 15.6 Å². The van der Waals surface area contributed by atoms with Crippen molar-refractivity contribution in [3.63, 3.8) is 0 Å². The van der Waals surface area contributed by atoms with Gasteiger partial charge in [0.25, 0.3) is 0 Å². The Labute approximate surface area is 109 Å². The number of carbonyl (C=O) groups is 1. The number of hydrogen-bond acceptors (Lipinski definition) is 1. The van der Waals surface area contributed by atoms with Crippen molar-refractivity contribution in [2.75, 3.05) is 0 Å². The second kappa shape index (κ2) is 4.05. The number of nitrogens with zero attached hydrogens (tertiary/aromatic N) is 1. The van der Waals surface area contributed by atoms with Crippen molar-refractivity contribution in [2.24, 2.45) is 11.3 Å². The maximum absolute atomic E-state index is 11.1. The van der Waals surface area contributed by atoms with Crippen LogP contribution in [0, 0.1) is 14.9 Å². The first-order valence-electron chi connectivity index (χ1n) is 5.53. The summed E-state index contributed by atoms with van der Waals surface area (Å²) in [5.41, 5.74) is 0.753. The number of carboxylic acids is 1. The summed E-state index contributed by atoms with van der Waals surface area (Å²) in [4.78, 5) is 11.1. The smallest absolute Gasteiger partial charge is 0.352 e. The molecule has 0 bridgehead atoms. The third-order valence-electron chi connectivity index (χ3n) is 3.68. The first-order chi connectivity index (χ1) is 7.44. The van der Waals surface area contributed by atoms with E-state index >= 15 is 0 Å². The highest BCUT2D eigenvalue weighted by atomic mass is 127. The molecule has 1 N–H and O–H groups in total. The molecule has 4 heteroatoms. The minimum Gasteiger partial charge on any atom is -0.477 e. The summed E-state index contributed by atoms with van der Waals surface area (Å²) in [5.74, 6) is -0.211. The molecule has 1 aliphatic rings. The summed E-state index contributed by atoms with van der Waals surface area (Å²) in [7, 11) is 0. The van der Waals surface area contributed by atoms with E-state index in [9.17, 15) is 4.79 Å². The lowest BCUT2D eigenvalue weighted by atomic mass is 9.92. The van der Waals surface area contributed by atoms with Gasteiger partial charge in [0.1, 0.15) is 5.69 Å². The monoisotopic (exact) mass is 333 g/mol. The van der Waals surface area contributed by atoms with Crippen LogP contribution in [0.2, 0.25) is 0 Å². The van der Waals surface area contributed by atoms with Crippen molar-refractivity contribution >= 4 is 28.6 Å². The van der Waals surface area contributed by atoms with Crippen molar-refractivity contribution in [3.8, 4) is 0 Å². The van der Waals surface area contributed by atoms with Crippen molar-refractivity contribution < 1.29 is 9.90 Å². The van der Waals surface area contributed by atoms with Gasteiger partial charge in [0.2, 0.25) is 0 Å². The van der Waals surface area contributed by atoms with Crippen molar-refractivity contribution in [1.29, 1.82) is 0 Å². The number of rotatable bonds is 4. The first kappa shape index (κ1) is 12.0. The fourth-order valence-electron chi connectivity index (χ4n) is 2.20. The molecule has 16 heavy (non-hydrogen) atoms. The standard InChI is InChI=1S/C12H16INO2/c1-8(2)12(3-4-12)7-14-6-9(13)5-10(14)11(15)16/h5-6,8H,3-4,7H2,1-2H3,(H,15,16). The highest BCUT2D eigenvalue weighted by molar-refractivity contribution is 14.1. The zero-order chi connectivity index (χ0) is 11.9. The average Bonchev–Trinajstić information content (AvgIpc) is 2.85. The summed E-state index contributed by atoms with van der Waals surface area (Å²) < 4.78 is 2.89. The lowest BCUT2D eigenvalue weighted by Gasteiger charge is -2.21. The molecule has 1 aromatic heterocycles. The predicted molar refractivity (Wildman–Crippen MR) is 70.6 cm³/mol. The number of aromatic nitrogens is 1. The van der Waals surface area contributed by atoms with Gasteiger partial charge in [-0.1, -0.05) is 13.8 Å². The van der Waals surface area contributed by atoms with Gasteiger partial charge >= 0.3 is 5.97 Å². The topological polar surface area (TPSA) is 42.2 Å². The molecule has 0 radical (unpaired) electrons. The van der Waals surface area contributed by atoms with Gasteiger partial charge in [-0.05, 0) is 52.8 Å². The third kappa shape index (κ3) is 2.12. The van der Waals surface area contributed by atoms with E-state index in [0.717, 1.165) is 10.1 Å². The lowest BCUT2D eigenvalue weighted by Crippen LogP contribution is -2.20. The zero-order valence-corrected chi connectivity index (χ0v) is 11.7. The van der Waals surface area contributed by atoms with E-state index in [1.807, 2.05) is 10.8 Å². The van der Waals surface area contributed by atoms with Crippen LogP contribution in [-0.2, 0) is 6.54 Å². The van der Waals surface area contributed by atoms with E-state index in [2.05, 4.69) is 36.4 Å². The molecule has 0 spiro atoms. The fraction of sp³-hybridized carbons (Fsp3) is 0.583. The minimum atomic E-state index is -0.831. The molecule has 0 atom stereocenters. The molecular formula is C12H16INO2. The summed E-state index contributed by atoms with van der Waals surface area (Å²) in [6, 6.07) is 1.74. The number of aromatic carboxylic acids is 1. The van der Waals surface area contributed by atoms with Gasteiger partial charge < -0.3 is 9.67 Å². The van der Waals surface area contributed by atoms with Crippen LogP contribution in [0.1, 0.15) is 37.2 Å². The Morgan fingerprint density at radius 2 is 2.25 bits per heavy atom. The van der Waals surface area contributed by atoms with Gasteiger partial charge in [-0.3, -0.25) is 0 Å². The first-order valence-corrected chi connectivity index (χ1v) is 6.61. The number of carboxylic acid groups (broad SMARTS) is 1. The normalized spacial score (nSPS) is 17.8. The largest absolute Gasteiger partial charge is 0.477 e. The molecular weight excluding hydrogens is 317 g/mol. The molecule has 0 saturated heterocycles. The Kier molecular flexibility index (Phi) is 3.03. The van der Waals surface area contributed by atoms with Crippen LogP contribution < -0.4 is 0 Å². The number of halogens is 1. The Balaban J connectivity index is 2.24. The molecule has 1 fully saturated rings. The van der Waals surface area contributed by atoms with E-state index in [1.54, 1.807) is 6.07 Å². The van der Waals surface area contributed by atoms with Gasteiger partial charge in [-0.15, -0.1) is 0 Å². The summed E-state index contributed by atoms with van der Waals surface area (Å²) >= 11 is 2.16. The van der Waals surface area contributed by atoms with E-state index in [1.165, 1.54) is 12.8 Å². The van der Waals surface area contributed by atoms with E-state index in [0.29, 0.717) is 17.0 Å². The molecule has 1 saturated carbocycles. The second-order valence-corrected chi connectivity index (χ2v) is 6.24. The fourth-order valence-corrected chi connectivity index (χ4v) is 2.83. The van der Waals surface area contributed by atoms with Gasteiger partial charge in [-0.25, -0.2) is 4.79 Å². The van der Waals surface area contributed by atoms with Crippen molar-refractivity contribution in [3.05, 3.63) is 21.5 Å². The van der Waals surface area contributed by atoms with Crippen LogP contribution in [0.15, 0.2) is 12.3 Å². The predicted octanol–water partition coefficient (Wildman–Crippen LogP) is 3.23. The van der Waals surface area contributed by atoms with Crippen LogP contribution >= 0.6 is 22.6 Å². The Morgan fingerprint density at radius 1 is 1.62 bits per heavy atom.